The molecule has 0 saturated heterocycles. The van der Waals surface area contributed by atoms with Crippen LogP contribution < -0.4 is 5.43 Å². The number of H-pyrrole nitrogens is 1. The van der Waals surface area contributed by atoms with Crippen LogP contribution in [0.1, 0.15) is 16.1 Å². The summed E-state index contributed by atoms with van der Waals surface area (Å²) in [5.41, 5.74) is 1.18. The fourth-order valence-corrected chi connectivity index (χ4v) is 2.49. The molecule has 3 aromatic rings. The zero-order valence-electron chi connectivity index (χ0n) is 9.68. The van der Waals surface area contributed by atoms with E-state index in [2.05, 4.69) is 15.0 Å². The Bertz CT molecular complexity index is 907. The first kappa shape index (κ1) is 10.1. The average molecular weight is 249 g/mol. The van der Waals surface area contributed by atoms with Crippen molar-refractivity contribution in [2.24, 2.45) is 0 Å². The standard InChI is InChI=1S/C14H7N3O2/c18-8-3-6-16-12-10(8)14(19)13-9-7(2-5-17-13)1-4-15-11(9)12/h1-6H,(H,16,18). The Morgan fingerprint density at radius 3 is 2.47 bits per heavy atom. The van der Waals surface area contributed by atoms with Crippen molar-refractivity contribution in [2.75, 3.05) is 0 Å². The number of nitrogens with one attached hydrogen (secondary N) is 1. The maximum Gasteiger partial charge on any atom is 0.218 e. The molecule has 3 heterocycles. The van der Waals surface area contributed by atoms with Crippen LogP contribution in [-0.2, 0) is 0 Å². The van der Waals surface area contributed by atoms with Crippen LogP contribution in [0.5, 0.6) is 0 Å². The summed E-state index contributed by atoms with van der Waals surface area (Å²) in [4.78, 5) is 35.7. The summed E-state index contributed by atoms with van der Waals surface area (Å²) in [6, 6.07) is 4.98. The van der Waals surface area contributed by atoms with Crippen molar-refractivity contribution in [3.05, 3.63) is 58.3 Å². The number of pyridine rings is 3. The quantitative estimate of drug-likeness (QED) is 0.512. The second-order valence-electron chi connectivity index (χ2n) is 4.34. The van der Waals surface area contributed by atoms with Crippen LogP contribution in [0, 0.1) is 0 Å². The SMILES string of the molecule is O=C1c2c([nH]ccc2=O)-c2nccc3ccnc1c23. The van der Waals surface area contributed by atoms with Crippen molar-refractivity contribution in [2.45, 2.75) is 0 Å². The lowest BCUT2D eigenvalue weighted by atomic mass is 9.92. The van der Waals surface area contributed by atoms with Crippen LogP contribution in [-0.4, -0.2) is 20.7 Å². The number of nitrogens with zero attached hydrogens (tertiary/aromatic N) is 2. The van der Waals surface area contributed by atoms with E-state index in [0.717, 1.165) is 5.39 Å². The van der Waals surface area contributed by atoms with E-state index in [4.69, 9.17) is 0 Å². The van der Waals surface area contributed by atoms with Gasteiger partial charge in [0.25, 0.3) is 0 Å². The number of hydrogen-bond acceptors (Lipinski definition) is 4. The van der Waals surface area contributed by atoms with Crippen molar-refractivity contribution in [3.63, 3.8) is 0 Å². The van der Waals surface area contributed by atoms with Gasteiger partial charge in [-0.25, -0.2) is 0 Å². The van der Waals surface area contributed by atoms with Crippen molar-refractivity contribution in [1.29, 1.82) is 0 Å². The van der Waals surface area contributed by atoms with Gasteiger partial charge in [-0.15, -0.1) is 0 Å². The highest BCUT2D eigenvalue weighted by atomic mass is 16.1. The molecule has 19 heavy (non-hydrogen) atoms. The van der Waals surface area contributed by atoms with E-state index in [0.29, 0.717) is 22.5 Å². The summed E-state index contributed by atoms with van der Waals surface area (Å²) in [7, 11) is 0. The number of rotatable bonds is 0. The van der Waals surface area contributed by atoms with Gasteiger partial charge >= 0.3 is 0 Å². The number of carbonyl (C=O) groups is 1. The van der Waals surface area contributed by atoms with E-state index in [1.807, 2.05) is 12.1 Å². The smallest absolute Gasteiger partial charge is 0.218 e. The molecule has 1 aliphatic carbocycles. The van der Waals surface area contributed by atoms with Gasteiger partial charge < -0.3 is 4.98 Å². The van der Waals surface area contributed by atoms with Gasteiger partial charge in [-0.3, -0.25) is 19.6 Å². The van der Waals surface area contributed by atoms with Gasteiger partial charge in [0.2, 0.25) is 5.78 Å². The first-order valence-corrected chi connectivity index (χ1v) is 5.78. The molecule has 0 aromatic carbocycles. The van der Waals surface area contributed by atoms with Crippen LogP contribution in [0.4, 0.5) is 0 Å². The lowest BCUT2D eigenvalue weighted by Crippen LogP contribution is -2.22. The molecule has 0 spiro atoms. The highest BCUT2D eigenvalue weighted by Crippen LogP contribution is 2.33. The number of ketones is 1. The number of hydrogen-bond donors (Lipinski definition) is 1. The van der Waals surface area contributed by atoms with Crippen LogP contribution in [0.15, 0.2) is 41.6 Å². The third kappa shape index (κ3) is 1.18. The summed E-state index contributed by atoms with van der Waals surface area (Å²) in [5.74, 6) is -0.344. The van der Waals surface area contributed by atoms with Crippen LogP contribution in [0.3, 0.4) is 0 Å². The highest BCUT2D eigenvalue weighted by Gasteiger charge is 2.29. The summed E-state index contributed by atoms with van der Waals surface area (Å²) in [6.45, 7) is 0. The molecule has 0 amide bonds. The molecule has 1 N–H and O–H groups in total. The first-order valence-electron chi connectivity index (χ1n) is 5.78. The Kier molecular flexibility index (Phi) is 1.79. The van der Waals surface area contributed by atoms with Gasteiger partial charge in [0.1, 0.15) is 5.69 Å². The number of fused-ring (bicyclic) bond motifs is 2. The Hall–Kier alpha value is -2.82. The third-order valence-corrected chi connectivity index (χ3v) is 3.32. The molecule has 4 rings (SSSR count). The minimum atomic E-state index is -0.344. The molecule has 0 fully saturated rings. The topological polar surface area (TPSA) is 75.7 Å². The minimum absolute atomic E-state index is 0.119. The van der Waals surface area contributed by atoms with Crippen molar-refractivity contribution < 1.29 is 4.79 Å². The van der Waals surface area contributed by atoms with Gasteiger partial charge in [0, 0.05) is 30.0 Å². The summed E-state index contributed by atoms with van der Waals surface area (Å²) in [6.07, 6.45) is 4.75. The molecular weight excluding hydrogens is 242 g/mol. The normalized spacial score (nSPS) is 12.5. The van der Waals surface area contributed by atoms with Gasteiger partial charge in [0.05, 0.1) is 17.0 Å². The molecule has 0 radical (unpaired) electrons. The van der Waals surface area contributed by atoms with E-state index >= 15 is 0 Å². The molecule has 0 atom stereocenters. The molecule has 0 aliphatic heterocycles. The predicted octanol–water partition coefficient (Wildman–Crippen LogP) is 1.53. The summed E-state index contributed by atoms with van der Waals surface area (Å²) < 4.78 is 0. The number of carbonyl (C=O) groups excluding carboxylic acids is 1. The fraction of sp³-hybridized carbons (Fsp3) is 0. The van der Waals surface area contributed by atoms with Crippen molar-refractivity contribution in [3.8, 4) is 11.4 Å². The lowest BCUT2D eigenvalue weighted by molar-refractivity contribution is 0.103. The molecule has 5 heteroatoms. The zero-order valence-corrected chi connectivity index (χ0v) is 9.68. The molecule has 90 valence electrons. The summed E-state index contributed by atoms with van der Waals surface area (Å²) >= 11 is 0. The van der Waals surface area contributed by atoms with Gasteiger partial charge in [-0.2, -0.15) is 0 Å². The van der Waals surface area contributed by atoms with Crippen molar-refractivity contribution >= 4 is 16.6 Å². The maximum absolute atomic E-state index is 12.4. The molecular formula is C14H7N3O2. The predicted molar refractivity (Wildman–Crippen MR) is 69.0 cm³/mol. The molecule has 1 aliphatic rings. The Balaban J connectivity index is 2.31. The minimum Gasteiger partial charge on any atom is -0.359 e. The summed E-state index contributed by atoms with van der Waals surface area (Å²) in [5, 5.41) is 1.59. The number of aromatic amines is 1. The van der Waals surface area contributed by atoms with Crippen molar-refractivity contribution in [1.82, 2.24) is 15.0 Å². The van der Waals surface area contributed by atoms with E-state index in [1.165, 1.54) is 12.3 Å². The monoisotopic (exact) mass is 249 g/mol. The van der Waals surface area contributed by atoms with Crippen LogP contribution in [0.2, 0.25) is 0 Å². The molecule has 5 nitrogen and oxygen atoms in total. The fourth-order valence-electron chi connectivity index (χ4n) is 2.49. The highest BCUT2D eigenvalue weighted by molar-refractivity contribution is 6.23. The molecule has 0 unspecified atom stereocenters. The largest absolute Gasteiger partial charge is 0.359 e. The van der Waals surface area contributed by atoms with Crippen LogP contribution >= 0.6 is 0 Å². The van der Waals surface area contributed by atoms with E-state index < -0.39 is 0 Å². The molecule has 0 saturated carbocycles. The third-order valence-electron chi connectivity index (χ3n) is 3.32. The van der Waals surface area contributed by atoms with E-state index in [-0.39, 0.29) is 16.8 Å². The first-order chi connectivity index (χ1) is 9.27. The van der Waals surface area contributed by atoms with E-state index in [1.54, 1.807) is 12.4 Å². The molecule has 3 aromatic heterocycles. The average Bonchev–Trinajstić information content (AvgIpc) is 2.44. The van der Waals surface area contributed by atoms with E-state index in [9.17, 15) is 9.59 Å². The Labute approximate surface area is 107 Å². The zero-order chi connectivity index (χ0) is 13.0. The second kappa shape index (κ2) is 3.35. The van der Waals surface area contributed by atoms with Crippen LogP contribution in [0.25, 0.3) is 22.2 Å². The molecule has 0 bridgehead atoms. The van der Waals surface area contributed by atoms with Gasteiger partial charge in [0.15, 0.2) is 5.43 Å². The Morgan fingerprint density at radius 1 is 0.947 bits per heavy atom. The number of aromatic nitrogens is 3. The van der Waals surface area contributed by atoms with Gasteiger partial charge in [-0.1, -0.05) is 0 Å². The maximum atomic E-state index is 12.4. The Morgan fingerprint density at radius 2 is 1.68 bits per heavy atom. The van der Waals surface area contributed by atoms with Gasteiger partial charge in [-0.05, 0) is 17.5 Å². The second-order valence-corrected chi connectivity index (χ2v) is 4.34. The lowest BCUT2D eigenvalue weighted by Gasteiger charge is -2.16.